The zero-order valence-corrected chi connectivity index (χ0v) is 15.2. The Balaban J connectivity index is 2.06. The van der Waals surface area contributed by atoms with Crippen LogP contribution in [-0.2, 0) is 23.1 Å². The number of rotatable bonds is 8. The van der Waals surface area contributed by atoms with Gasteiger partial charge in [0, 0.05) is 12.3 Å². The van der Waals surface area contributed by atoms with Gasteiger partial charge in [0.15, 0.2) is 12.6 Å². The fraction of sp³-hybridized carbons (Fsp3) is 0.714. The summed E-state index contributed by atoms with van der Waals surface area (Å²) in [4.78, 5) is 24.8. The van der Waals surface area contributed by atoms with Crippen LogP contribution in [0.3, 0.4) is 0 Å². The lowest BCUT2D eigenvalue weighted by atomic mass is 10.1. The molecule has 142 valence electrons. The summed E-state index contributed by atoms with van der Waals surface area (Å²) < 4.78 is 48.2. The van der Waals surface area contributed by atoms with Gasteiger partial charge in [0.2, 0.25) is 5.82 Å². The molecule has 0 bridgehead atoms. The highest BCUT2D eigenvalue weighted by Crippen LogP contribution is 2.49. The quantitative estimate of drug-likeness (QED) is 0.685. The molecule has 1 aromatic heterocycles. The lowest BCUT2D eigenvalue weighted by molar-refractivity contribution is -0.154. The second-order valence-corrected chi connectivity index (χ2v) is 7.55. The van der Waals surface area contributed by atoms with Crippen LogP contribution < -0.4 is 11.2 Å². The highest BCUT2D eigenvalue weighted by atomic mass is 31.2. The Morgan fingerprint density at radius 3 is 2.60 bits per heavy atom. The van der Waals surface area contributed by atoms with Gasteiger partial charge in [0.05, 0.1) is 19.4 Å². The molecule has 1 unspecified atom stereocenters. The topological polar surface area (TPSA) is 109 Å². The minimum atomic E-state index is -3.39. The summed E-state index contributed by atoms with van der Waals surface area (Å²) >= 11 is 0. The van der Waals surface area contributed by atoms with Crippen LogP contribution in [0.15, 0.2) is 15.8 Å². The number of H-pyrrole nitrogens is 1. The van der Waals surface area contributed by atoms with Crippen molar-refractivity contribution in [3.05, 3.63) is 32.9 Å². The molecule has 2 heterocycles. The van der Waals surface area contributed by atoms with Gasteiger partial charge in [0.25, 0.3) is 5.56 Å². The van der Waals surface area contributed by atoms with E-state index in [0.717, 1.165) is 10.8 Å². The molecule has 0 amide bonds. The van der Waals surface area contributed by atoms with E-state index in [1.165, 1.54) is 0 Å². The first kappa shape index (κ1) is 20.0. The average Bonchev–Trinajstić information content (AvgIpc) is 2.90. The number of aromatic amines is 1. The van der Waals surface area contributed by atoms with Crippen LogP contribution in [0, 0.1) is 11.7 Å². The molecule has 11 heteroatoms. The van der Waals surface area contributed by atoms with E-state index in [9.17, 15) is 18.5 Å². The number of hydrogen-bond acceptors (Lipinski definition) is 7. The largest absolute Gasteiger partial charge is 0.356 e. The molecular weight excluding hydrogens is 358 g/mol. The maximum atomic E-state index is 13.4. The van der Waals surface area contributed by atoms with Gasteiger partial charge < -0.3 is 18.5 Å². The van der Waals surface area contributed by atoms with Crippen LogP contribution in [0.2, 0.25) is 0 Å². The summed E-state index contributed by atoms with van der Waals surface area (Å²) in [5.41, 5.74) is -1.87. The van der Waals surface area contributed by atoms with Crippen molar-refractivity contribution in [3.63, 3.8) is 0 Å². The second kappa shape index (κ2) is 8.37. The van der Waals surface area contributed by atoms with Crippen LogP contribution in [0.4, 0.5) is 4.39 Å². The van der Waals surface area contributed by atoms with Gasteiger partial charge in [-0.1, -0.05) is 6.92 Å². The molecule has 1 aliphatic rings. The number of hydrogen-bond donors (Lipinski definition) is 1. The maximum Gasteiger partial charge on any atom is 0.356 e. The lowest BCUT2D eigenvalue weighted by Crippen LogP contribution is -2.34. The molecule has 0 spiro atoms. The molecular formula is C14H22FN2O7P. The van der Waals surface area contributed by atoms with Crippen LogP contribution in [0.25, 0.3) is 0 Å². The number of nitrogens with one attached hydrogen (secondary N) is 1. The molecule has 2 rings (SSSR count). The van der Waals surface area contributed by atoms with Gasteiger partial charge in [-0.25, -0.2) is 4.79 Å². The van der Waals surface area contributed by atoms with Crippen molar-refractivity contribution in [1.29, 1.82) is 0 Å². The molecule has 0 saturated carbocycles. The van der Waals surface area contributed by atoms with Crippen LogP contribution in [-0.4, -0.2) is 35.4 Å². The van der Waals surface area contributed by atoms with E-state index < -0.39 is 37.2 Å². The Bertz CT molecular complexity index is 739. The van der Waals surface area contributed by atoms with Gasteiger partial charge in [-0.2, -0.15) is 4.39 Å². The highest BCUT2D eigenvalue weighted by Gasteiger charge is 2.37. The normalized spacial score (nSPS) is 23.9. The molecule has 25 heavy (non-hydrogen) atoms. The third-order valence-electron chi connectivity index (χ3n) is 3.61. The number of ether oxygens (including phenoxy) is 2. The van der Waals surface area contributed by atoms with Crippen molar-refractivity contribution in [1.82, 2.24) is 9.55 Å². The third-order valence-corrected chi connectivity index (χ3v) is 5.38. The molecule has 0 radical (unpaired) electrons. The van der Waals surface area contributed by atoms with Gasteiger partial charge in [-0.05, 0) is 13.8 Å². The van der Waals surface area contributed by atoms with Gasteiger partial charge >= 0.3 is 13.3 Å². The second-order valence-electron chi connectivity index (χ2n) is 5.56. The first-order valence-corrected chi connectivity index (χ1v) is 9.68. The highest BCUT2D eigenvalue weighted by molar-refractivity contribution is 7.53. The van der Waals surface area contributed by atoms with Crippen molar-refractivity contribution < 1.29 is 27.5 Å². The number of nitrogens with zero attached hydrogens (tertiary/aromatic N) is 1. The Kier molecular flexibility index (Phi) is 6.70. The molecule has 3 atom stereocenters. The third kappa shape index (κ3) is 4.86. The predicted molar refractivity (Wildman–Crippen MR) is 85.8 cm³/mol. The standard InChI is InChI=1S/C14H22FN2O7P/c1-4-22-25(20,23-5-2)8-21-13-9(3)6-11(24-13)17-7-10(15)12(18)16-14(17)19/h7,9,11,13H,4-6,8H2,1-3H3,(H,16,18,19)/t9?,11-,13+/m0/s1. The lowest BCUT2D eigenvalue weighted by Gasteiger charge is -2.21. The fourth-order valence-corrected chi connectivity index (χ4v) is 3.84. The monoisotopic (exact) mass is 380 g/mol. The van der Waals surface area contributed by atoms with Gasteiger partial charge in [-0.3, -0.25) is 18.9 Å². The molecule has 1 aliphatic heterocycles. The maximum absolute atomic E-state index is 13.4. The SMILES string of the molecule is CCOP(=O)(CO[C@@H]1O[C@H](n2cc(F)c(=O)[nH]c2=O)CC1C)OCC. The molecule has 1 saturated heterocycles. The van der Waals surface area contributed by atoms with E-state index in [4.69, 9.17) is 18.5 Å². The molecule has 9 nitrogen and oxygen atoms in total. The van der Waals surface area contributed by atoms with Crippen molar-refractivity contribution in [2.24, 2.45) is 5.92 Å². The Morgan fingerprint density at radius 2 is 2.00 bits per heavy atom. The minimum absolute atomic E-state index is 0.163. The van der Waals surface area contributed by atoms with Crippen molar-refractivity contribution in [3.8, 4) is 0 Å². The summed E-state index contributed by atoms with van der Waals surface area (Å²) in [6.45, 7) is 5.60. The molecule has 1 aromatic rings. The van der Waals surface area contributed by atoms with Gasteiger partial charge in [0.1, 0.15) is 6.23 Å². The molecule has 1 fully saturated rings. The van der Waals surface area contributed by atoms with E-state index >= 15 is 0 Å². The summed E-state index contributed by atoms with van der Waals surface area (Å²) in [6, 6.07) is 0. The first-order chi connectivity index (χ1) is 11.8. The molecule has 0 aliphatic carbocycles. The smallest absolute Gasteiger partial charge is 0.340 e. The summed E-state index contributed by atoms with van der Waals surface area (Å²) in [7, 11) is -3.39. The Labute approximate surface area is 143 Å². The predicted octanol–water partition coefficient (Wildman–Crippen LogP) is 1.80. The van der Waals surface area contributed by atoms with Crippen LogP contribution in [0.5, 0.6) is 0 Å². The Morgan fingerprint density at radius 1 is 1.36 bits per heavy atom. The summed E-state index contributed by atoms with van der Waals surface area (Å²) in [5, 5.41) is 0. The minimum Gasteiger partial charge on any atom is -0.340 e. The fourth-order valence-electron chi connectivity index (χ4n) is 2.50. The van der Waals surface area contributed by atoms with E-state index in [1.807, 2.05) is 11.9 Å². The van der Waals surface area contributed by atoms with Crippen LogP contribution >= 0.6 is 7.60 Å². The van der Waals surface area contributed by atoms with E-state index in [-0.39, 0.29) is 25.5 Å². The van der Waals surface area contributed by atoms with Crippen molar-refractivity contribution >= 4 is 7.60 Å². The number of halogens is 1. The van der Waals surface area contributed by atoms with E-state index in [2.05, 4.69) is 0 Å². The molecule has 0 aromatic carbocycles. The summed E-state index contributed by atoms with van der Waals surface area (Å²) in [6.07, 6.45) is -0.736. The average molecular weight is 380 g/mol. The Hall–Kier alpha value is -1.32. The zero-order chi connectivity index (χ0) is 18.6. The van der Waals surface area contributed by atoms with Crippen LogP contribution in [0.1, 0.15) is 33.4 Å². The van der Waals surface area contributed by atoms with Crippen molar-refractivity contribution in [2.75, 3.05) is 19.6 Å². The number of aromatic nitrogens is 2. The summed E-state index contributed by atoms with van der Waals surface area (Å²) in [5.74, 6) is -1.25. The van der Waals surface area contributed by atoms with Crippen molar-refractivity contribution in [2.45, 2.75) is 39.7 Å². The zero-order valence-electron chi connectivity index (χ0n) is 14.3. The van der Waals surface area contributed by atoms with Gasteiger partial charge in [-0.15, -0.1) is 0 Å². The van der Waals surface area contributed by atoms with E-state index in [1.54, 1.807) is 13.8 Å². The molecule has 1 N–H and O–H groups in total. The van der Waals surface area contributed by atoms with E-state index in [0.29, 0.717) is 6.42 Å². The first-order valence-electron chi connectivity index (χ1n) is 7.95.